The lowest BCUT2D eigenvalue weighted by Gasteiger charge is -1.81. The molecule has 0 rings (SSSR count). The molecular formula is C3H9BI3P. The molecule has 0 aromatic carbocycles. The van der Waals surface area contributed by atoms with Crippen molar-refractivity contribution < 1.29 is 0 Å². The van der Waals surface area contributed by atoms with Crippen molar-refractivity contribution in [2.24, 2.45) is 0 Å². The Kier molecular flexibility index (Phi) is 16.1. The van der Waals surface area contributed by atoms with Crippen LogP contribution in [0.3, 0.4) is 0 Å². The summed E-state index contributed by atoms with van der Waals surface area (Å²) in [6.45, 7) is 6.69. The Morgan fingerprint density at radius 1 is 1.00 bits per heavy atom. The van der Waals surface area contributed by atoms with Crippen LogP contribution < -0.4 is 0 Å². The summed E-state index contributed by atoms with van der Waals surface area (Å²) in [4.78, 5) is 0. The maximum absolute atomic E-state index is 2.32. The van der Waals surface area contributed by atoms with Crippen LogP contribution in [0.4, 0.5) is 0 Å². The van der Waals surface area contributed by atoms with Crippen molar-refractivity contribution >= 4 is 75.3 Å². The second-order valence-corrected chi connectivity index (χ2v) is 15.2. The number of halogens is 3. The van der Waals surface area contributed by atoms with Crippen LogP contribution in [0.1, 0.15) is 0 Å². The second kappa shape index (κ2) is 9.68. The zero-order chi connectivity index (χ0) is 7.15. The van der Waals surface area contributed by atoms with Gasteiger partial charge in [0.05, 0.1) is 0 Å². The predicted octanol–water partition coefficient (Wildman–Crippen LogP) is 3.63. The van der Waals surface area contributed by atoms with Gasteiger partial charge < -0.3 is 0 Å². The summed E-state index contributed by atoms with van der Waals surface area (Å²) in [5.41, 5.74) is 0. The Bertz CT molecular complexity index is 30.0. The predicted molar refractivity (Wildman–Crippen MR) is 72.5 cm³/mol. The normalized spacial score (nSPS) is 7.88. The minimum absolute atomic E-state index is 0.380. The van der Waals surface area contributed by atoms with Gasteiger partial charge in [0.25, 0.3) is 0 Å². The molecule has 0 aliphatic rings. The van der Waals surface area contributed by atoms with Gasteiger partial charge >= 0.3 is 0.282 Å². The molecule has 50 valence electrons. The van der Waals surface area contributed by atoms with E-state index in [9.17, 15) is 0 Å². The van der Waals surface area contributed by atoms with Gasteiger partial charge in [-0.3, -0.25) is 0 Å². The van der Waals surface area contributed by atoms with Gasteiger partial charge in [0.15, 0.2) is 0 Å². The van der Waals surface area contributed by atoms with Crippen LogP contribution in [-0.2, 0) is 0 Å². The molecule has 0 heterocycles. The minimum atomic E-state index is 0.380. The fraction of sp³-hybridized carbons (Fsp3) is 1.00. The van der Waals surface area contributed by atoms with Gasteiger partial charge in [0.2, 0.25) is 0 Å². The molecule has 0 aliphatic carbocycles. The van der Waals surface area contributed by atoms with Crippen molar-refractivity contribution in [3.8, 4) is 0 Å². The van der Waals surface area contributed by atoms with E-state index in [-0.39, 0.29) is 0 Å². The fourth-order valence-electron chi connectivity index (χ4n) is 0. The van der Waals surface area contributed by atoms with Crippen molar-refractivity contribution in [1.29, 1.82) is 0 Å². The van der Waals surface area contributed by atoms with Crippen molar-refractivity contribution in [3.05, 3.63) is 0 Å². The van der Waals surface area contributed by atoms with Gasteiger partial charge in [-0.1, -0.05) is 0 Å². The lowest BCUT2D eigenvalue weighted by atomic mass is 10.8. The average Bonchev–Trinajstić information content (AvgIpc) is 1.25. The molecule has 0 bridgehead atoms. The number of rotatable bonds is 0. The van der Waals surface area contributed by atoms with Crippen LogP contribution >= 0.6 is 75.0 Å². The van der Waals surface area contributed by atoms with Crippen molar-refractivity contribution in [2.75, 3.05) is 20.0 Å². The monoisotopic (exact) mass is 468 g/mol. The molecule has 0 saturated carbocycles. The van der Waals surface area contributed by atoms with Gasteiger partial charge in [0, 0.05) is 0 Å². The Balaban J connectivity index is 0. The standard InChI is InChI=1S/C3H9P.BI3/c1-4(2)3;2-1(3)4/h1-3H3;. The lowest BCUT2D eigenvalue weighted by Crippen LogP contribution is -1.59. The summed E-state index contributed by atoms with van der Waals surface area (Å²) >= 11 is 6.95. The Hall–Kier alpha value is 2.68. The summed E-state index contributed by atoms with van der Waals surface area (Å²) in [5.74, 6) is 0. The molecular weight excluding hydrogens is 459 g/mol. The van der Waals surface area contributed by atoms with E-state index in [1.54, 1.807) is 0 Å². The first kappa shape index (κ1) is 13.3. The van der Waals surface area contributed by atoms with E-state index >= 15 is 0 Å². The molecule has 0 aromatic rings. The van der Waals surface area contributed by atoms with Gasteiger partial charge in [0.1, 0.15) is 0 Å². The molecule has 0 nitrogen and oxygen atoms in total. The smallest absolute Gasteiger partial charge is 0.118 e. The summed E-state index contributed by atoms with van der Waals surface area (Å²) in [6, 6.07) is 0. The Morgan fingerprint density at radius 2 is 1.00 bits per heavy atom. The summed E-state index contributed by atoms with van der Waals surface area (Å²) < 4.78 is 0.743. The largest absolute Gasteiger partial charge is 0.355 e. The maximum atomic E-state index is 2.32. The highest BCUT2D eigenvalue weighted by Gasteiger charge is 1.87. The Labute approximate surface area is 93.8 Å². The SMILES string of the molecule is CP(C)C.IB(I)I. The first-order valence-corrected chi connectivity index (χ1v) is 8.42. The zero-order valence-electron chi connectivity index (χ0n) is 5.16. The summed E-state index contributed by atoms with van der Waals surface area (Å²) in [6.07, 6.45) is 0. The number of hydrogen-bond acceptors (Lipinski definition) is 0. The van der Waals surface area contributed by atoms with Crippen LogP contribution in [0.25, 0.3) is 0 Å². The Morgan fingerprint density at radius 3 is 1.00 bits per heavy atom. The molecule has 0 unspecified atom stereocenters. The van der Waals surface area contributed by atoms with Crippen LogP contribution in [-0.4, -0.2) is 20.3 Å². The van der Waals surface area contributed by atoms with Crippen LogP contribution in [0.15, 0.2) is 0 Å². The maximum Gasteiger partial charge on any atom is 0.355 e. The fourth-order valence-corrected chi connectivity index (χ4v) is 0. The molecule has 0 N–H and O–H groups in total. The molecule has 0 amide bonds. The molecule has 0 atom stereocenters. The van der Waals surface area contributed by atoms with E-state index < -0.39 is 0 Å². The van der Waals surface area contributed by atoms with Gasteiger partial charge in [-0.05, 0) is 20.0 Å². The lowest BCUT2D eigenvalue weighted by molar-refractivity contribution is 2.13. The highest BCUT2D eigenvalue weighted by atomic mass is 127. The first-order chi connectivity index (χ1) is 3.46. The molecule has 0 aromatic heterocycles. The number of hydrogen-bond donors (Lipinski definition) is 0. The topological polar surface area (TPSA) is 0 Å². The van der Waals surface area contributed by atoms with E-state index in [1.165, 1.54) is 0 Å². The second-order valence-electron chi connectivity index (χ2n) is 1.59. The quantitative estimate of drug-likeness (QED) is 0.290. The molecule has 0 radical (unpaired) electrons. The van der Waals surface area contributed by atoms with Gasteiger partial charge in [-0.15, -0.1) is 75.0 Å². The molecule has 8 heavy (non-hydrogen) atoms. The van der Waals surface area contributed by atoms with Crippen LogP contribution in [0, 0.1) is 0 Å². The van der Waals surface area contributed by atoms with Gasteiger partial charge in [-0.25, -0.2) is 0 Å². The van der Waals surface area contributed by atoms with Crippen LogP contribution in [0.2, 0.25) is 0 Å². The van der Waals surface area contributed by atoms with E-state index in [1.807, 2.05) is 0 Å². The summed E-state index contributed by atoms with van der Waals surface area (Å²) in [7, 11) is 0.380. The molecule has 5 heteroatoms. The third kappa shape index (κ3) is 71.2. The average molecular weight is 468 g/mol. The van der Waals surface area contributed by atoms with Crippen LogP contribution in [0.5, 0.6) is 0 Å². The molecule has 0 aliphatic heterocycles. The van der Waals surface area contributed by atoms with Crippen molar-refractivity contribution in [1.82, 2.24) is 0 Å². The third-order valence-corrected chi connectivity index (χ3v) is 0. The zero-order valence-corrected chi connectivity index (χ0v) is 12.5. The van der Waals surface area contributed by atoms with Crippen molar-refractivity contribution in [2.45, 2.75) is 0 Å². The molecule has 0 spiro atoms. The highest BCUT2D eigenvalue weighted by molar-refractivity contribution is 14.4. The molecule has 0 saturated heterocycles. The summed E-state index contributed by atoms with van der Waals surface area (Å²) in [5, 5.41) is 0. The third-order valence-electron chi connectivity index (χ3n) is 0. The minimum Gasteiger partial charge on any atom is -0.118 e. The first-order valence-electron chi connectivity index (χ1n) is 2.00. The van der Waals surface area contributed by atoms with E-state index in [4.69, 9.17) is 0 Å². The van der Waals surface area contributed by atoms with Gasteiger partial charge in [-0.2, -0.15) is 0 Å². The van der Waals surface area contributed by atoms with Crippen molar-refractivity contribution in [3.63, 3.8) is 0 Å². The van der Waals surface area contributed by atoms with E-state index in [2.05, 4.69) is 87.1 Å². The van der Waals surface area contributed by atoms with E-state index in [0.29, 0.717) is 7.92 Å². The van der Waals surface area contributed by atoms with E-state index in [0.717, 1.165) is 0.282 Å². The highest BCUT2D eigenvalue weighted by Crippen LogP contribution is 2.14. The molecule has 0 fully saturated rings.